The minimum atomic E-state index is -4.96. The summed E-state index contributed by atoms with van der Waals surface area (Å²) in [5.74, 6) is 0.103. The van der Waals surface area contributed by atoms with Crippen molar-refractivity contribution in [1.82, 2.24) is 0 Å². The van der Waals surface area contributed by atoms with Crippen LogP contribution in [-0.4, -0.2) is 96.7 Å². The van der Waals surface area contributed by atoms with Gasteiger partial charge >= 0.3 is 39.5 Å². The fourth-order valence-electron chi connectivity index (χ4n) is 12.0. The number of carbonyl (C=O) groups excluding carboxylic acids is 4. The van der Waals surface area contributed by atoms with Crippen molar-refractivity contribution in [2.24, 2.45) is 17.8 Å². The van der Waals surface area contributed by atoms with E-state index in [1.54, 1.807) is 0 Å². The number of rotatable bonds is 76. The number of ether oxygens (including phenoxy) is 4. The minimum absolute atomic E-state index is 0.105. The summed E-state index contributed by atoms with van der Waals surface area (Å²) in [6.07, 6.45) is 55.7. The first-order valence-electron chi connectivity index (χ1n) is 40.3. The summed E-state index contributed by atoms with van der Waals surface area (Å²) in [7, 11) is -9.91. The molecule has 19 heteroatoms. The fraction of sp³-hybridized carbons (Fsp3) is 0.949. The zero-order valence-corrected chi connectivity index (χ0v) is 65.3. The number of aliphatic hydroxyl groups is 1. The molecule has 2 unspecified atom stereocenters. The zero-order valence-electron chi connectivity index (χ0n) is 63.5. The Morgan fingerprint density at radius 3 is 0.701 bits per heavy atom. The standard InChI is InChI=1S/C78H152O17P2/c1-8-9-10-11-12-13-14-15-16-17-18-19-20-21-22-23-24-31-40-47-54-61-77(82)94-73(65-88-75(80)59-52-45-38-30-26-25-28-35-42-49-56-69(2)3)67-92-96(84,85)90-63-72(79)64-91-97(86,87)93-68-74(66-89-76(81)60-53-46-39-34-33-37-44-51-58-71(6)7)95-78(83)62-55-48-41-32-27-29-36-43-50-57-70(4)5/h69-74,79H,8-68H2,1-7H3,(H,84,85)(H,86,87)/t72-,73-,74-/m1/s1. The predicted molar refractivity (Wildman–Crippen MR) is 395 cm³/mol. The molecule has 0 aliphatic carbocycles. The van der Waals surface area contributed by atoms with Crippen LogP contribution in [0, 0.1) is 17.8 Å². The van der Waals surface area contributed by atoms with Gasteiger partial charge in [0.2, 0.25) is 0 Å². The Kier molecular flexibility index (Phi) is 67.1. The van der Waals surface area contributed by atoms with Gasteiger partial charge in [-0.15, -0.1) is 0 Å². The molecule has 0 aliphatic heterocycles. The van der Waals surface area contributed by atoms with Gasteiger partial charge in [0, 0.05) is 25.7 Å². The van der Waals surface area contributed by atoms with Crippen LogP contribution in [0.25, 0.3) is 0 Å². The smallest absolute Gasteiger partial charge is 0.462 e. The van der Waals surface area contributed by atoms with Gasteiger partial charge in [-0.1, -0.05) is 350 Å². The molecular formula is C78H152O17P2. The maximum absolute atomic E-state index is 13.1. The van der Waals surface area contributed by atoms with Crippen molar-refractivity contribution in [2.45, 2.75) is 420 Å². The largest absolute Gasteiger partial charge is 0.472 e. The van der Waals surface area contributed by atoms with E-state index < -0.39 is 97.5 Å². The van der Waals surface area contributed by atoms with Crippen LogP contribution in [0.3, 0.4) is 0 Å². The highest BCUT2D eigenvalue weighted by Crippen LogP contribution is 2.45. The number of phosphoric acid groups is 2. The van der Waals surface area contributed by atoms with Gasteiger partial charge < -0.3 is 33.8 Å². The number of unbranched alkanes of at least 4 members (excludes halogenated alkanes) is 44. The van der Waals surface area contributed by atoms with E-state index in [1.807, 2.05) is 0 Å². The molecule has 0 saturated heterocycles. The molecule has 0 rings (SSSR count). The quantitative estimate of drug-likeness (QED) is 0.0222. The van der Waals surface area contributed by atoms with Gasteiger partial charge in [-0.25, -0.2) is 9.13 Å². The molecule has 0 bridgehead atoms. The summed E-state index contributed by atoms with van der Waals surface area (Å²) in [6.45, 7) is 11.8. The van der Waals surface area contributed by atoms with Crippen LogP contribution >= 0.6 is 15.6 Å². The van der Waals surface area contributed by atoms with Gasteiger partial charge in [0.15, 0.2) is 12.2 Å². The molecule has 0 saturated carbocycles. The predicted octanol–water partition coefficient (Wildman–Crippen LogP) is 23.0. The molecule has 0 fully saturated rings. The van der Waals surface area contributed by atoms with E-state index in [9.17, 15) is 43.2 Å². The van der Waals surface area contributed by atoms with Crippen LogP contribution in [-0.2, 0) is 65.4 Å². The number of esters is 4. The average molecular weight is 1420 g/mol. The average Bonchev–Trinajstić information content (AvgIpc) is 1.28. The van der Waals surface area contributed by atoms with E-state index in [0.29, 0.717) is 25.7 Å². The Balaban J connectivity index is 5.21. The molecule has 0 aliphatic rings. The molecule has 0 aromatic heterocycles. The van der Waals surface area contributed by atoms with Crippen LogP contribution < -0.4 is 0 Å². The highest BCUT2D eigenvalue weighted by Gasteiger charge is 2.30. The Morgan fingerprint density at radius 1 is 0.278 bits per heavy atom. The summed E-state index contributed by atoms with van der Waals surface area (Å²) >= 11 is 0. The van der Waals surface area contributed by atoms with Crippen molar-refractivity contribution in [1.29, 1.82) is 0 Å². The third kappa shape index (κ3) is 72.2. The maximum Gasteiger partial charge on any atom is 0.472 e. The summed E-state index contributed by atoms with van der Waals surface area (Å²) in [4.78, 5) is 72.9. The van der Waals surface area contributed by atoms with E-state index in [1.165, 1.54) is 212 Å². The van der Waals surface area contributed by atoms with Gasteiger partial charge in [-0.3, -0.25) is 37.3 Å². The second-order valence-corrected chi connectivity index (χ2v) is 32.4. The Labute approximate surface area is 594 Å². The monoisotopic (exact) mass is 1420 g/mol. The molecule has 5 atom stereocenters. The summed E-state index contributed by atoms with van der Waals surface area (Å²) < 4.78 is 68.6. The van der Waals surface area contributed by atoms with E-state index >= 15 is 0 Å². The SMILES string of the molecule is CCCCCCCCCCCCCCCCCCCCCCCC(=O)O[C@H](COC(=O)CCCCCCCCCCCCC(C)C)COP(=O)(O)OC[C@@H](O)COP(=O)(O)OC[C@@H](COC(=O)CCCCCCCCCCC(C)C)OC(=O)CCCCCCCCCCCC(C)C. The zero-order chi connectivity index (χ0) is 71.6. The van der Waals surface area contributed by atoms with Gasteiger partial charge in [-0.05, 0) is 43.4 Å². The van der Waals surface area contributed by atoms with E-state index in [4.69, 9.17) is 37.0 Å². The molecular weight excluding hydrogens is 1270 g/mol. The maximum atomic E-state index is 13.1. The van der Waals surface area contributed by atoms with Crippen molar-refractivity contribution in [3.8, 4) is 0 Å². The highest BCUT2D eigenvalue weighted by molar-refractivity contribution is 7.47. The molecule has 0 amide bonds. The van der Waals surface area contributed by atoms with E-state index in [2.05, 4.69) is 48.5 Å². The van der Waals surface area contributed by atoms with Crippen LogP contribution in [0.1, 0.15) is 402 Å². The second kappa shape index (κ2) is 68.5. The summed E-state index contributed by atoms with van der Waals surface area (Å²) in [5.41, 5.74) is 0. The topological polar surface area (TPSA) is 237 Å². The van der Waals surface area contributed by atoms with Gasteiger partial charge in [0.1, 0.15) is 19.3 Å². The lowest BCUT2D eigenvalue weighted by molar-refractivity contribution is -0.161. The van der Waals surface area contributed by atoms with Gasteiger partial charge in [-0.2, -0.15) is 0 Å². The Bertz CT molecular complexity index is 1890. The molecule has 17 nitrogen and oxygen atoms in total. The first kappa shape index (κ1) is 95.1. The van der Waals surface area contributed by atoms with Crippen molar-refractivity contribution >= 4 is 39.5 Å². The first-order chi connectivity index (χ1) is 46.7. The normalized spacial score (nSPS) is 14.0. The lowest BCUT2D eigenvalue weighted by Gasteiger charge is -2.21. The lowest BCUT2D eigenvalue weighted by atomic mass is 10.0. The molecule has 0 aromatic rings. The molecule has 97 heavy (non-hydrogen) atoms. The van der Waals surface area contributed by atoms with Crippen LogP contribution in [0.5, 0.6) is 0 Å². The molecule has 576 valence electrons. The molecule has 0 aromatic carbocycles. The van der Waals surface area contributed by atoms with E-state index in [0.717, 1.165) is 108 Å². The van der Waals surface area contributed by atoms with Gasteiger partial charge in [0.05, 0.1) is 26.4 Å². The van der Waals surface area contributed by atoms with Crippen LogP contribution in [0.2, 0.25) is 0 Å². The molecule has 3 N–H and O–H groups in total. The van der Waals surface area contributed by atoms with Crippen LogP contribution in [0.15, 0.2) is 0 Å². The number of phosphoric ester groups is 2. The van der Waals surface area contributed by atoms with Crippen molar-refractivity contribution < 1.29 is 80.2 Å². The van der Waals surface area contributed by atoms with Gasteiger partial charge in [0.25, 0.3) is 0 Å². The lowest BCUT2D eigenvalue weighted by Crippen LogP contribution is -2.30. The van der Waals surface area contributed by atoms with Crippen molar-refractivity contribution in [2.75, 3.05) is 39.6 Å². The molecule has 0 spiro atoms. The molecule has 0 heterocycles. The second-order valence-electron chi connectivity index (χ2n) is 29.5. The third-order valence-corrected chi connectivity index (χ3v) is 20.0. The fourth-order valence-corrected chi connectivity index (χ4v) is 13.5. The number of aliphatic hydroxyl groups excluding tert-OH is 1. The van der Waals surface area contributed by atoms with Crippen molar-refractivity contribution in [3.05, 3.63) is 0 Å². The van der Waals surface area contributed by atoms with E-state index in [-0.39, 0.29) is 25.7 Å². The Hall–Kier alpha value is -1.94. The number of hydrogen-bond donors (Lipinski definition) is 3. The third-order valence-electron chi connectivity index (χ3n) is 18.1. The Morgan fingerprint density at radius 2 is 0.474 bits per heavy atom. The highest BCUT2D eigenvalue weighted by atomic mass is 31.2. The summed E-state index contributed by atoms with van der Waals surface area (Å²) in [6, 6.07) is 0. The summed E-state index contributed by atoms with van der Waals surface area (Å²) in [5, 5.41) is 10.6. The van der Waals surface area contributed by atoms with Crippen molar-refractivity contribution in [3.63, 3.8) is 0 Å². The molecule has 0 radical (unpaired) electrons. The van der Waals surface area contributed by atoms with Crippen LogP contribution in [0.4, 0.5) is 0 Å². The number of hydrogen-bond acceptors (Lipinski definition) is 15. The number of carbonyl (C=O) groups is 4. The minimum Gasteiger partial charge on any atom is -0.462 e. The first-order valence-corrected chi connectivity index (χ1v) is 43.3.